The molecule has 2 unspecified atom stereocenters. The van der Waals surface area contributed by atoms with Gasteiger partial charge < -0.3 is 10.2 Å². The number of halogens is 2. The Morgan fingerprint density at radius 2 is 1.93 bits per heavy atom. The second-order valence-electron chi connectivity index (χ2n) is 8.03. The molecule has 29 heavy (non-hydrogen) atoms. The molecule has 10 heteroatoms. The van der Waals surface area contributed by atoms with Gasteiger partial charge in [-0.3, -0.25) is 4.90 Å². The number of carbonyl (C=O) groups excluding carboxylic acids is 1. The molecular formula is C19H24Cl2N4O3S. The first-order chi connectivity index (χ1) is 13.5. The van der Waals surface area contributed by atoms with Gasteiger partial charge in [0.05, 0.1) is 10.0 Å². The van der Waals surface area contributed by atoms with Crippen LogP contribution in [0.25, 0.3) is 0 Å². The molecule has 0 radical (unpaired) electrons. The van der Waals surface area contributed by atoms with Gasteiger partial charge >= 0.3 is 6.03 Å². The first-order valence-electron chi connectivity index (χ1n) is 9.32. The quantitative estimate of drug-likeness (QED) is 0.694. The molecule has 0 spiro atoms. The number of aliphatic hydroxyl groups is 2. The van der Waals surface area contributed by atoms with Crippen molar-refractivity contribution in [3.8, 4) is 0 Å². The minimum Gasteiger partial charge on any atom is -0.368 e. The van der Waals surface area contributed by atoms with Gasteiger partial charge in [0.15, 0.2) is 6.23 Å². The maximum Gasteiger partial charge on any atom is 0.331 e. The van der Waals surface area contributed by atoms with Crippen LogP contribution in [0.4, 0.5) is 9.93 Å². The number of carbonyl (C=O) groups is 1. The topological polar surface area (TPSA) is 89.8 Å². The molecule has 158 valence electrons. The average molecular weight is 459 g/mol. The Bertz CT molecular complexity index is 917. The highest BCUT2D eigenvalue weighted by Gasteiger charge is 2.58. The summed E-state index contributed by atoms with van der Waals surface area (Å²) in [6.45, 7) is 8.19. The van der Waals surface area contributed by atoms with Crippen LogP contribution in [0.1, 0.15) is 51.1 Å². The summed E-state index contributed by atoms with van der Waals surface area (Å²) in [5.74, 6) is 0. The summed E-state index contributed by atoms with van der Waals surface area (Å²) >= 11 is 13.3. The lowest BCUT2D eigenvalue weighted by Gasteiger charge is -2.34. The SMILES string of the molecule is CCCCN1C(=O)N(c2nnc(C(C)(C)C)s2)C(O)C1(O)c1ccc(Cl)c(Cl)c1. The molecule has 1 fully saturated rings. The van der Waals surface area contributed by atoms with Crippen LogP contribution in [-0.2, 0) is 11.1 Å². The third kappa shape index (κ3) is 3.84. The number of nitrogens with zero attached hydrogens (tertiary/aromatic N) is 4. The molecule has 0 saturated carbocycles. The van der Waals surface area contributed by atoms with Crippen LogP contribution in [-0.4, -0.2) is 44.1 Å². The van der Waals surface area contributed by atoms with Crippen molar-refractivity contribution in [2.75, 3.05) is 11.4 Å². The number of unbranched alkanes of at least 4 members (excludes halogenated alkanes) is 1. The van der Waals surface area contributed by atoms with Crippen molar-refractivity contribution in [3.05, 3.63) is 38.8 Å². The van der Waals surface area contributed by atoms with Crippen molar-refractivity contribution in [1.29, 1.82) is 0 Å². The second-order valence-corrected chi connectivity index (χ2v) is 9.80. The number of anilines is 1. The summed E-state index contributed by atoms with van der Waals surface area (Å²) in [6, 6.07) is 3.99. The summed E-state index contributed by atoms with van der Waals surface area (Å²) in [5.41, 5.74) is -1.99. The van der Waals surface area contributed by atoms with E-state index in [0.717, 1.165) is 16.3 Å². The Hall–Kier alpha value is -1.45. The minimum absolute atomic E-state index is 0.220. The molecule has 2 N–H and O–H groups in total. The van der Waals surface area contributed by atoms with Gasteiger partial charge in [-0.25, -0.2) is 9.69 Å². The Kier molecular flexibility index (Phi) is 6.13. The van der Waals surface area contributed by atoms with Gasteiger partial charge in [0, 0.05) is 17.5 Å². The number of aliphatic hydroxyl groups excluding tert-OH is 1. The van der Waals surface area contributed by atoms with Crippen molar-refractivity contribution in [2.24, 2.45) is 0 Å². The number of aromatic nitrogens is 2. The zero-order valence-corrected chi connectivity index (χ0v) is 19.0. The summed E-state index contributed by atoms with van der Waals surface area (Å²) in [7, 11) is 0. The monoisotopic (exact) mass is 458 g/mol. The van der Waals surface area contributed by atoms with Gasteiger partial charge in [-0.05, 0) is 18.6 Å². The molecule has 2 aromatic rings. The van der Waals surface area contributed by atoms with Crippen LogP contribution in [0, 0.1) is 0 Å². The van der Waals surface area contributed by atoms with Crippen LogP contribution in [0.3, 0.4) is 0 Å². The summed E-state index contributed by atoms with van der Waals surface area (Å²) < 4.78 is 0. The van der Waals surface area contributed by atoms with E-state index >= 15 is 0 Å². The zero-order valence-electron chi connectivity index (χ0n) is 16.7. The largest absolute Gasteiger partial charge is 0.368 e. The molecule has 7 nitrogen and oxygen atoms in total. The molecule has 1 aromatic carbocycles. The zero-order chi connectivity index (χ0) is 21.6. The van der Waals surface area contributed by atoms with Gasteiger partial charge in [-0.15, -0.1) is 10.2 Å². The normalized spacial score (nSPS) is 22.6. The predicted molar refractivity (Wildman–Crippen MR) is 114 cm³/mol. The number of hydrogen-bond acceptors (Lipinski definition) is 6. The van der Waals surface area contributed by atoms with E-state index in [4.69, 9.17) is 23.2 Å². The fourth-order valence-corrected chi connectivity index (χ4v) is 4.33. The number of benzene rings is 1. The maximum absolute atomic E-state index is 13.2. The van der Waals surface area contributed by atoms with Crippen LogP contribution >= 0.6 is 34.5 Å². The number of urea groups is 1. The smallest absolute Gasteiger partial charge is 0.331 e. The van der Waals surface area contributed by atoms with E-state index < -0.39 is 18.0 Å². The van der Waals surface area contributed by atoms with Crippen molar-refractivity contribution in [1.82, 2.24) is 15.1 Å². The highest BCUT2D eigenvalue weighted by molar-refractivity contribution is 7.15. The molecular weight excluding hydrogens is 435 g/mol. The van der Waals surface area contributed by atoms with E-state index in [0.29, 0.717) is 11.4 Å². The molecule has 1 aliphatic rings. The Balaban J connectivity index is 2.08. The molecule has 1 aromatic heterocycles. The van der Waals surface area contributed by atoms with Crippen molar-refractivity contribution >= 4 is 45.7 Å². The standard InChI is InChI=1S/C19H24Cl2N4O3S/c1-5-6-9-24-17(27)25(16-23-22-14(29-16)18(2,3)4)15(26)19(24,28)11-7-8-12(20)13(21)10-11/h7-8,10,15,26,28H,5-6,9H2,1-4H3. The Morgan fingerprint density at radius 1 is 1.24 bits per heavy atom. The highest BCUT2D eigenvalue weighted by Crippen LogP contribution is 2.43. The predicted octanol–water partition coefficient (Wildman–Crippen LogP) is 4.35. The lowest BCUT2D eigenvalue weighted by atomic mass is 9.98. The van der Waals surface area contributed by atoms with Crippen molar-refractivity contribution in [3.63, 3.8) is 0 Å². The van der Waals surface area contributed by atoms with E-state index in [1.165, 1.54) is 28.4 Å². The van der Waals surface area contributed by atoms with E-state index in [1.807, 2.05) is 27.7 Å². The first-order valence-corrected chi connectivity index (χ1v) is 10.9. The fourth-order valence-electron chi connectivity index (χ4n) is 3.11. The average Bonchev–Trinajstić information content (AvgIpc) is 3.20. The Morgan fingerprint density at radius 3 is 2.48 bits per heavy atom. The number of amides is 2. The van der Waals surface area contributed by atoms with E-state index in [2.05, 4.69) is 10.2 Å². The van der Waals surface area contributed by atoms with Crippen LogP contribution in [0.5, 0.6) is 0 Å². The molecule has 1 aliphatic heterocycles. The van der Waals surface area contributed by atoms with Gasteiger partial charge in [0.1, 0.15) is 5.01 Å². The number of hydrogen-bond donors (Lipinski definition) is 2. The van der Waals surface area contributed by atoms with E-state index in [-0.39, 0.29) is 27.7 Å². The van der Waals surface area contributed by atoms with Gasteiger partial charge in [-0.2, -0.15) is 0 Å². The highest BCUT2D eigenvalue weighted by atomic mass is 35.5. The molecule has 0 bridgehead atoms. The lowest BCUT2D eigenvalue weighted by Crippen LogP contribution is -2.49. The number of rotatable bonds is 5. The van der Waals surface area contributed by atoms with Crippen LogP contribution in [0.2, 0.25) is 10.0 Å². The van der Waals surface area contributed by atoms with Gasteiger partial charge in [0.2, 0.25) is 10.9 Å². The van der Waals surface area contributed by atoms with Crippen LogP contribution in [0.15, 0.2) is 18.2 Å². The maximum atomic E-state index is 13.2. The minimum atomic E-state index is -2.01. The molecule has 2 atom stereocenters. The second kappa shape index (κ2) is 8.00. The third-order valence-corrected chi connectivity index (χ3v) is 6.88. The van der Waals surface area contributed by atoms with E-state index in [9.17, 15) is 15.0 Å². The lowest BCUT2D eigenvalue weighted by molar-refractivity contribution is -0.139. The van der Waals surface area contributed by atoms with Gasteiger partial charge in [-0.1, -0.05) is 74.7 Å². The summed E-state index contributed by atoms with van der Waals surface area (Å²) in [5, 5.41) is 32.4. The third-order valence-electron chi connectivity index (χ3n) is 4.79. The van der Waals surface area contributed by atoms with Gasteiger partial charge in [0.25, 0.3) is 0 Å². The summed E-state index contributed by atoms with van der Waals surface area (Å²) in [6.07, 6.45) is -0.131. The first kappa shape index (κ1) is 22.2. The van der Waals surface area contributed by atoms with Crippen molar-refractivity contribution in [2.45, 2.75) is 57.9 Å². The van der Waals surface area contributed by atoms with Crippen LogP contribution < -0.4 is 4.90 Å². The Labute approximate surface area is 183 Å². The fraction of sp³-hybridized carbons (Fsp3) is 0.526. The molecule has 0 aliphatic carbocycles. The molecule has 1 saturated heterocycles. The molecule has 2 heterocycles. The van der Waals surface area contributed by atoms with Crippen molar-refractivity contribution < 1.29 is 15.0 Å². The molecule has 3 rings (SSSR count). The van der Waals surface area contributed by atoms with E-state index in [1.54, 1.807) is 6.07 Å². The summed E-state index contributed by atoms with van der Waals surface area (Å²) in [4.78, 5) is 15.6. The molecule has 2 amide bonds.